The van der Waals surface area contributed by atoms with Gasteiger partial charge in [-0.1, -0.05) is 17.3 Å². The third kappa shape index (κ3) is 3.00. The number of nitrogens with one attached hydrogen (secondary N) is 1. The van der Waals surface area contributed by atoms with E-state index in [-0.39, 0.29) is 23.7 Å². The van der Waals surface area contributed by atoms with E-state index in [4.69, 9.17) is 4.84 Å². The van der Waals surface area contributed by atoms with Gasteiger partial charge in [-0.3, -0.25) is 14.9 Å². The van der Waals surface area contributed by atoms with Gasteiger partial charge in [0.05, 0.1) is 16.2 Å². The molecular formula is C15H12N4O5. The molecule has 1 unspecified atom stereocenters. The number of aromatic hydroxyl groups is 1. The summed E-state index contributed by atoms with van der Waals surface area (Å²) in [7, 11) is 0. The smallest absolute Gasteiger partial charge is 0.278 e. The largest absolute Gasteiger partial charge is 0.504 e. The molecule has 0 bridgehead atoms. The number of hydrogen-bond acceptors (Lipinski definition) is 7. The molecule has 2 aromatic rings. The van der Waals surface area contributed by atoms with E-state index in [0.717, 1.165) is 0 Å². The molecule has 3 rings (SSSR count). The molecule has 1 atom stereocenters. The number of carbonyl (C=O) groups is 1. The van der Waals surface area contributed by atoms with Gasteiger partial charge in [0.25, 0.3) is 11.6 Å². The zero-order valence-electron chi connectivity index (χ0n) is 12.2. The molecule has 1 aliphatic rings. The quantitative estimate of drug-likeness (QED) is 0.651. The van der Waals surface area contributed by atoms with E-state index in [2.05, 4.69) is 15.5 Å². The summed E-state index contributed by atoms with van der Waals surface area (Å²) in [4.78, 5) is 31.6. The number of hydrogen-bond donors (Lipinski definition) is 2. The Balaban J connectivity index is 1.72. The number of aromatic nitrogens is 1. The van der Waals surface area contributed by atoms with Crippen LogP contribution in [0.3, 0.4) is 0 Å². The minimum atomic E-state index is -0.957. The molecule has 2 heterocycles. The summed E-state index contributed by atoms with van der Waals surface area (Å²) in [5, 5.41) is 26.9. The number of anilines is 1. The van der Waals surface area contributed by atoms with Crippen molar-refractivity contribution in [3.63, 3.8) is 0 Å². The average Bonchev–Trinajstić information content (AvgIpc) is 3.07. The van der Waals surface area contributed by atoms with Crippen LogP contribution in [0, 0.1) is 10.1 Å². The van der Waals surface area contributed by atoms with Crippen molar-refractivity contribution in [1.29, 1.82) is 0 Å². The van der Waals surface area contributed by atoms with Crippen LogP contribution in [0.5, 0.6) is 5.75 Å². The zero-order valence-corrected chi connectivity index (χ0v) is 12.2. The van der Waals surface area contributed by atoms with Crippen molar-refractivity contribution < 1.29 is 19.7 Å². The van der Waals surface area contributed by atoms with E-state index in [0.29, 0.717) is 11.3 Å². The van der Waals surface area contributed by atoms with Crippen LogP contribution in [0.4, 0.5) is 11.5 Å². The fourth-order valence-corrected chi connectivity index (χ4v) is 2.24. The molecular weight excluding hydrogens is 316 g/mol. The Hall–Kier alpha value is -3.49. The van der Waals surface area contributed by atoms with E-state index in [1.54, 1.807) is 18.2 Å². The summed E-state index contributed by atoms with van der Waals surface area (Å²) in [6.07, 6.45) is 0.533. The summed E-state index contributed by atoms with van der Waals surface area (Å²) < 4.78 is 0. The van der Waals surface area contributed by atoms with Crippen LogP contribution in [-0.4, -0.2) is 32.7 Å². The van der Waals surface area contributed by atoms with Crippen molar-refractivity contribution >= 4 is 23.1 Å². The highest BCUT2D eigenvalue weighted by Gasteiger charge is 2.32. The predicted molar refractivity (Wildman–Crippen MR) is 83.7 cm³/mol. The summed E-state index contributed by atoms with van der Waals surface area (Å²) in [5.41, 5.74) is 0.509. The number of carbonyl (C=O) groups excluding carboxylic acids is 1. The van der Waals surface area contributed by atoms with E-state index < -0.39 is 16.9 Å². The maximum atomic E-state index is 12.2. The molecule has 0 fully saturated rings. The second-order valence-corrected chi connectivity index (χ2v) is 4.97. The van der Waals surface area contributed by atoms with Crippen molar-refractivity contribution in [3.8, 4) is 5.75 Å². The minimum absolute atomic E-state index is 0.00485. The molecule has 24 heavy (non-hydrogen) atoms. The van der Waals surface area contributed by atoms with E-state index in [1.165, 1.54) is 24.4 Å². The minimum Gasteiger partial charge on any atom is -0.504 e. The van der Waals surface area contributed by atoms with Crippen LogP contribution >= 0.6 is 0 Å². The van der Waals surface area contributed by atoms with Gasteiger partial charge < -0.3 is 15.3 Å². The lowest BCUT2D eigenvalue weighted by Gasteiger charge is -2.09. The maximum absolute atomic E-state index is 12.2. The van der Waals surface area contributed by atoms with Gasteiger partial charge in [0.2, 0.25) is 6.10 Å². The molecule has 9 nitrogen and oxygen atoms in total. The normalized spacial score (nSPS) is 16.2. The Bertz CT molecular complexity index is 836. The first-order valence-electron chi connectivity index (χ1n) is 6.97. The van der Waals surface area contributed by atoms with Crippen LogP contribution in [0.15, 0.2) is 47.8 Å². The van der Waals surface area contributed by atoms with E-state index in [9.17, 15) is 20.0 Å². The molecule has 9 heteroatoms. The Morgan fingerprint density at radius 1 is 1.33 bits per heavy atom. The molecule has 1 aromatic carbocycles. The van der Waals surface area contributed by atoms with Crippen LogP contribution < -0.4 is 5.32 Å². The Morgan fingerprint density at radius 3 is 2.88 bits per heavy atom. The Labute approximate surface area is 135 Å². The molecule has 2 N–H and O–H groups in total. The Morgan fingerprint density at radius 2 is 2.12 bits per heavy atom. The monoisotopic (exact) mass is 328 g/mol. The van der Waals surface area contributed by atoms with Crippen molar-refractivity contribution in [1.82, 2.24) is 4.98 Å². The molecule has 0 saturated carbocycles. The van der Waals surface area contributed by atoms with E-state index >= 15 is 0 Å². The van der Waals surface area contributed by atoms with Crippen molar-refractivity contribution in [2.24, 2.45) is 5.16 Å². The standard InChI is InChI=1S/C15H12N4O5/c20-12-6-3-7-16-14(12)17-15(21)13-8-10(18-24-13)9-4-1-2-5-11(9)19(22)23/h1-7,13,20H,8H2,(H,16,17,21). The zero-order chi connectivity index (χ0) is 17.1. The molecule has 122 valence electrons. The van der Waals surface area contributed by atoms with Gasteiger partial charge >= 0.3 is 0 Å². The van der Waals surface area contributed by atoms with Crippen molar-refractivity contribution in [2.45, 2.75) is 12.5 Å². The molecule has 1 amide bonds. The van der Waals surface area contributed by atoms with Gasteiger partial charge in [-0.05, 0) is 18.2 Å². The van der Waals surface area contributed by atoms with Crippen LogP contribution in [-0.2, 0) is 9.63 Å². The molecule has 0 aliphatic carbocycles. The number of benzene rings is 1. The first-order chi connectivity index (χ1) is 11.6. The molecule has 1 aromatic heterocycles. The second kappa shape index (κ2) is 6.32. The first-order valence-corrected chi connectivity index (χ1v) is 6.97. The summed E-state index contributed by atoms with van der Waals surface area (Å²) in [5.74, 6) is -0.727. The highest BCUT2D eigenvalue weighted by Crippen LogP contribution is 2.26. The van der Waals surface area contributed by atoms with Crippen LogP contribution in [0.1, 0.15) is 12.0 Å². The number of para-hydroxylation sites is 1. The van der Waals surface area contributed by atoms with Gasteiger partial charge in [0.15, 0.2) is 11.6 Å². The second-order valence-electron chi connectivity index (χ2n) is 4.97. The predicted octanol–water partition coefficient (Wildman–Crippen LogP) is 1.83. The van der Waals surface area contributed by atoms with Gasteiger partial charge in [0.1, 0.15) is 0 Å². The lowest BCUT2D eigenvalue weighted by atomic mass is 10.0. The fraction of sp³-hybridized carbons (Fsp3) is 0.133. The summed E-state index contributed by atoms with van der Waals surface area (Å²) in [6.45, 7) is 0. The molecule has 1 aliphatic heterocycles. The third-order valence-electron chi connectivity index (χ3n) is 3.40. The number of nitro benzene ring substituents is 1. The Kier molecular flexibility index (Phi) is 4.06. The van der Waals surface area contributed by atoms with Gasteiger partial charge in [-0.25, -0.2) is 4.98 Å². The first kappa shape index (κ1) is 15.4. The fourth-order valence-electron chi connectivity index (χ4n) is 2.24. The summed E-state index contributed by atoms with van der Waals surface area (Å²) >= 11 is 0. The highest BCUT2D eigenvalue weighted by atomic mass is 16.6. The lowest BCUT2D eigenvalue weighted by molar-refractivity contribution is -0.385. The number of nitrogens with zero attached hydrogens (tertiary/aromatic N) is 3. The maximum Gasteiger partial charge on any atom is 0.278 e. The van der Waals surface area contributed by atoms with Gasteiger partial charge in [0, 0.05) is 18.7 Å². The number of oxime groups is 1. The molecule has 0 spiro atoms. The number of pyridine rings is 1. The number of rotatable bonds is 4. The van der Waals surface area contributed by atoms with Crippen molar-refractivity contribution in [2.75, 3.05) is 5.32 Å². The van der Waals surface area contributed by atoms with E-state index in [1.807, 2.05) is 0 Å². The lowest BCUT2D eigenvalue weighted by Crippen LogP contribution is -2.28. The average molecular weight is 328 g/mol. The molecule has 0 saturated heterocycles. The van der Waals surface area contributed by atoms with Crippen LogP contribution in [0.2, 0.25) is 0 Å². The number of amides is 1. The molecule has 0 radical (unpaired) electrons. The third-order valence-corrected chi connectivity index (χ3v) is 3.40. The SMILES string of the molecule is O=C(Nc1ncccc1O)C1CC(c2ccccc2[N+](=O)[O-])=NO1. The van der Waals surface area contributed by atoms with Crippen LogP contribution in [0.25, 0.3) is 0 Å². The number of nitro groups is 1. The summed E-state index contributed by atoms with van der Waals surface area (Å²) in [6, 6.07) is 9.00. The van der Waals surface area contributed by atoms with Gasteiger partial charge in [-0.2, -0.15) is 0 Å². The van der Waals surface area contributed by atoms with Gasteiger partial charge in [-0.15, -0.1) is 0 Å². The van der Waals surface area contributed by atoms with Crippen molar-refractivity contribution in [3.05, 3.63) is 58.3 Å². The topological polar surface area (TPSA) is 127 Å². The highest BCUT2D eigenvalue weighted by molar-refractivity contribution is 6.08.